The molecular weight excluding hydrogens is 320 g/mol. The maximum absolute atomic E-state index is 12.8. The first-order valence-corrected chi connectivity index (χ1v) is 8.07. The molecule has 9 heteroatoms. The molecule has 0 unspecified atom stereocenters. The molecule has 3 aromatic rings. The summed E-state index contributed by atoms with van der Waals surface area (Å²) in [5.41, 5.74) is 1.46. The average molecular weight is 338 g/mol. The Morgan fingerprint density at radius 3 is 2.60 bits per heavy atom. The number of rotatable bonds is 2. The van der Waals surface area contributed by atoms with Crippen LogP contribution in [0, 0.1) is 6.92 Å². The maximum atomic E-state index is 12.8. The van der Waals surface area contributed by atoms with Crippen molar-refractivity contribution in [1.29, 1.82) is 0 Å². The number of aromatic nitrogens is 7. The van der Waals surface area contributed by atoms with E-state index in [9.17, 15) is 4.79 Å². The summed E-state index contributed by atoms with van der Waals surface area (Å²) in [5.74, 6) is 2.23. The Kier molecular flexibility index (Phi) is 3.56. The summed E-state index contributed by atoms with van der Waals surface area (Å²) in [4.78, 5) is 16.0. The van der Waals surface area contributed by atoms with Crippen LogP contribution in [-0.2, 0) is 13.6 Å². The SMILES string of the molecule is Cc1nnc2n1[C@H](C)CN(C(=O)c1ccc(-c3nnn(C)n3)cc1)C2. The summed E-state index contributed by atoms with van der Waals surface area (Å²) in [6.45, 7) is 5.11. The highest BCUT2D eigenvalue weighted by molar-refractivity contribution is 5.94. The van der Waals surface area contributed by atoms with E-state index in [1.807, 2.05) is 24.0 Å². The predicted molar refractivity (Wildman–Crippen MR) is 88.4 cm³/mol. The molecule has 0 saturated heterocycles. The van der Waals surface area contributed by atoms with Gasteiger partial charge in [0.25, 0.3) is 5.91 Å². The van der Waals surface area contributed by atoms with E-state index < -0.39 is 0 Å². The van der Waals surface area contributed by atoms with Crippen LogP contribution in [0.1, 0.15) is 35.0 Å². The predicted octanol–water partition coefficient (Wildman–Crippen LogP) is 0.994. The summed E-state index contributed by atoms with van der Waals surface area (Å²) in [5, 5.41) is 20.3. The van der Waals surface area contributed by atoms with E-state index >= 15 is 0 Å². The van der Waals surface area contributed by atoms with E-state index in [-0.39, 0.29) is 11.9 Å². The number of nitrogens with zero attached hydrogens (tertiary/aromatic N) is 8. The zero-order valence-corrected chi connectivity index (χ0v) is 14.3. The molecule has 1 aliphatic rings. The number of aryl methyl sites for hydroxylation is 2. The van der Waals surface area contributed by atoms with E-state index in [0.29, 0.717) is 24.5 Å². The van der Waals surface area contributed by atoms with Crippen LogP contribution < -0.4 is 0 Å². The summed E-state index contributed by atoms with van der Waals surface area (Å²) in [7, 11) is 1.71. The highest BCUT2D eigenvalue weighted by Gasteiger charge is 2.28. The summed E-state index contributed by atoms with van der Waals surface area (Å²) in [6.07, 6.45) is 0. The highest BCUT2D eigenvalue weighted by atomic mass is 16.2. The average Bonchev–Trinajstić information content (AvgIpc) is 3.21. The van der Waals surface area contributed by atoms with Crippen LogP contribution in [-0.4, -0.2) is 52.3 Å². The Bertz CT molecular complexity index is 926. The van der Waals surface area contributed by atoms with Crippen molar-refractivity contribution in [3.05, 3.63) is 41.5 Å². The first-order valence-electron chi connectivity index (χ1n) is 8.07. The van der Waals surface area contributed by atoms with Crippen molar-refractivity contribution in [2.24, 2.45) is 7.05 Å². The van der Waals surface area contributed by atoms with Gasteiger partial charge in [0, 0.05) is 17.7 Å². The lowest BCUT2D eigenvalue weighted by atomic mass is 10.1. The molecule has 1 atom stereocenters. The molecule has 0 N–H and O–H groups in total. The molecule has 0 bridgehead atoms. The van der Waals surface area contributed by atoms with Crippen molar-refractivity contribution in [1.82, 2.24) is 39.9 Å². The van der Waals surface area contributed by atoms with E-state index in [0.717, 1.165) is 17.2 Å². The monoisotopic (exact) mass is 338 g/mol. The maximum Gasteiger partial charge on any atom is 0.254 e. The second kappa shape index (κ2) is 5.76. The van der Waals surface area contributed by atoms with Crippen molar-refractivity contribution >= 4 is 5.91 Å². The number of hydrogen-bond donors (Lipinski definition) is 0. The Morgan fingerprint density at radius 1 is 1.16 bits per heavy atom. The van der Waals surface area contributed by atoms with E-state index in [1.54, 1.807) is 19.2 Å². The standard InChI is InChI=1S/C16H18N8O/c1-10-8-23(9-14-18-17-11(2)24(10)14)16(25)13-6-4-12(5-7-13)15-19-21-22(3)20-15/h4-7,10H,8-9H2,1-3H3/t10-/m1/s1. The molecule has 0 radical (unpaired) electrons. The fourth-order valence-electron chi connectivity index (χ4n) is 3.23. The van der Waals surface area contributed by atoms with Crippen LogP contribution in [0.15, 0.2) is 24.3 Å². The third kappa shape index (κ3) is 2.67. The fraction of sp³-hybridized carbons (Fsp3) is 0.375. The molecule has 3 heterocycles. The van der Waals surface area contributed by atoms with Gasteiger partial charge in [0.2, 0.25) is 5.82 Å². The molecule has 1 aromatic carbocycles. The number of carbonyl (C=O) groups is 1. The largest absolute Gasteiger partial charge is 0.329 e. The second-order valence-electron chi connectivity index (χ2n) is 6.25. The van der Waals surface area contributed by atoms with Crippen molar-refractivity contribution in [3.63, 3.8) is 0 Å². The van der Waals surface area contributed by atoms with Crippen molar-refractivity contribution < 1.29 is 4.79 Å². The van der Waals surface area contributed by atoms with Crippen molar-refractivity contribution in [2.45, 2.75) is 26.4 Å². The minimum absolute atomic E-state index is 0.0163. The summed E-state index contributed by atoms with van der Waals surface area (Å²) < 4.78 is 2.09. The third-order valence-corrected chi connectivity index (χ3v) is 4.38. The van der Waals surface area contributed by atoms with E-state index in [4.69, 9.17) is 0 Å². The van der Waals surface area contributed by atoms with Crippen LogP contribution in [0.25, 0.3) is 11.4 Å². The van der Waals surface area contributed by atoms with Crippen LogP contribution in [0.3, 0.4) is 0 Å². The van der Waals surface area contributed by atoms with Crippen molar-refractivity contribution in [2.75, 3.05) is 6.54 Å². The van der Waals surface area contributed by atoms with Gasteiger partial charge in [0.1, 0.15) is 5.82 Å². The lowest BCUT2D eigenvalue weighted by Crippen LogP contribution is -2.40. The van der Waals surface area contributed by atoms with Crippen LogP contribution in [0.5, 0.6) is 0 Å². The Balaban J connectivity index is 1.55. The first kappa shape index (κ1) is 15.4. The second-order valence-corrected chi connectivity index (χ2v) is 6.25. The molecule has 9 nitrogen and oxygen atoms in total. The first-order chi connectivity index (χ1) is 12.0. The van der Waals surface area contributed by atoms with Gasteiger partial charge in [-0.1, -0.05) is 12.1 Å². The molecular formula is C16H18N8O. The van der Waals surface area contributed by atoms with Crippen LogP contribution in [0.4, 0.5) is 0 Å². The Morgan fingerprint density at radius 2 is 1.92 bits per heavy atom. The molecule has 0 fully saturated rings. The van der Waals surface area contributed by atoms with Gasteiger partial charge in [-0.05, 0) is 31.2 Å². The minimum Gasteiger partial charge on any atom is -0.329 e. The molecule has 2 aromatic heterocycles. The smallest absolute Gasteiger partial charge is 0.254 e. The van der Waals surface area contributed by atoms with Gasteiger partial charge in [-0.3, -0.25) is 4.79 Å². The molecule has 0 saturated carbocycles. The molecule has 0 spiro atoms. The number of tetrazole rings is 1. The number of benzene rings is 1. The molecule has 25 heavy (non-hydrogen) atoms. The van der Waals surface area contributed by atoms with Gasteiger partial charge in [-0.25, -0.2) is 0 Å². The van der Waals surface area contributed by atoms with E-state index in [1.165, 1.54) is 4.80 Å². The topological polar surface area (TPSA) is 94.6 Å². The fourth-order valence-corrected chi connectivity index (χ4v) is 3.23. The van der Waals surface area contributed by atoms with Crippen LogP contribution >= 0.6 is 0 Å². The Hall–Kier alpha value is -3.10. The van der Waals surface area contributed by atoms with Gasteiger partial charge in [0.05, 0.1) is 19.6 Å². The summed E-state index contributed by atoms with van der Waals surface area (Å²) >= 11 is 0. The molecule has 1 amide bonds. The van der Waals surface area contributed by atoms with Gasteiger partial charge in [-0.2, -0.15) is 4.80 Å². The Labute approximate surface area is 144 Å². The van der Waals surface area contributed by atoms with Crippen molar-refractivity contribution in [3.8, 4) is 11.4 Å². The number of hydrogen-bond acceptors (Lipinski definition) is 6. The molecule has 4 rings (SSSR count). The molecule has 1 aliphatic heterocycles. The molecule has 128 valence electrons. The number of fused-ring (bicyclic) bond motifs is 1. The zero-order valence-electron chi connectivity index (χ0n) is 14.3. The zero-order chi connectivity index (χ0) is 17.6. The lowest BCUT2D eigenvalue weighted by molar-refractivity contribution is 0.0680. The number of amides is 1. The lowest BCUT2D eigenvalue weighted by Gasteiger charge is -2.32. The summed E-state index contributed by atoms with van der Waals surface area (Å²) in [6, 6.07) is 7.42. The van der Waals surface area contributed by atoms with E-state index in [2.05, 4.69) is 37.1 Å². The van der Waals surface area contributed by atoms with Gasteiger partial charge >= 0.3 is 0 Å². The van der Waals surface area contributed by atoms with Gasteiger partial charge in [0.15, 0.2) is 5.82 Å². The highest BCUT2D eigenvalue weighted by Crippen LogP contribution is 2.23. The quantitative estimate of drug-likeness (QED) is 0.692. The van der Waals surface area contributed by atoms with Crippen LogP contribution in [0.2, 0.25) is 0 Å². The normalized spacial score (nSPS) is 16.8. The third-order valence-electron chi connectivity index (χ3n) is 4.38. The minimum atomic E-state index is -0.0163. The number of carbonyl (C=O) groups excluding carboxylic acids is 1. The van der Waals surface area contributed by atoms with Gasteiger partial charge < -0.3 is 9.47 Å². The van der Waals surface area contributed by atoms with Gasteiger partial charge in [-0.15, -0.1) is 20.4 Å². The molecule has 0 aliphatic carbocycles.